The van der Waals surface area contributed by atoms with Gasteiger partial charge in [-0.3, -0.25) is 0 Å². The van der Waals surface area contributed by atoms with Crippen molar-refractivity contribution in [3.05, 3.63) is 59.4 Å². The van der Waals surface area contributed by atoms with Gasteiger partial charge < -0.3 is 14.8 Å². The maximum atomic E-state index is 13.4. The SMILES string of the molecule is OB(O)c1cc(F)cc(OCc2c(F)cccc2F)c1. The van der Waals surface area contributed by atoms with Crippen molar-refractivity contribution in [3.8, 4) is 5.75 Å². The topological polar surface area (TPSA) is 49.7 Å². The van der Waals surface area contributed by atoms with E-state index in [1.165, 1.54) is 12.1 Å². The smallest absolute Gasteiger partial charge is 0.488 e. The molecule has 0 fully saturated rings. The van der Waals surface area contributed by atoms with Gasteiger partial charge >= 0.3 is 7.12 Å². The predicted octanol–water partition coefficient (Wildman–Crippen LogP) is 1.36. The van der Waals surface area contributed by atoms with Crippen molar-refractivity contribution in [2.24, 2.45) is 0 Å². The molecule has 0 spiro atoms. The Balaban J connectivity index is 2.19. The molecule has 0 bridgehead atoms. The Labute approximate surface area is 113 Å². The van der Waals surface area contributed by atoms with Crippen LogP contribution in [0.3, 0.4) is 0 Å². The molecule has 0 saturated heterocycles. The van der Waals surface area contributed by atoms with Gasteiger partial charge in [0.1, 0.15) is 29.8 Å². The van der Waals surface area contributed by atoms with E-state index in [1.807, 2.05) is 0 Å². The number of halogens is 3. The predicted molar refractivity (Wildman–Crippen MR) is 66.9 cm³/mol. The lowest BCUT2D eigenvalue weighted by molar-refractivity contribution is 0.291. The Morgan fingerprint density at radius 2 is 1.65 bits per heavy atom. The van der Waals surface area contributed by atoms with Crippen LogP contribution in [0.1, 0.15) is 5.56 Å². The third-order valence-corrected chi connectivity index (χ3v) is 2.64. The van der Waals surface area contributed by atoms with Crippen LogP contribution in [0.5, 0.6) is 5.75 Å². The average molecular weight is 282 g/mol. The van der Waals surface area contributed by atoms with Crippen LogP contribution in [0, 0.1) is 17.5 Å². The van der Waals surface area contributed by atoms with Gasteiger partial charge in [-0.2, -0.15) is 0 Å². The van der Waals surface area contributed by atoms with E-state index in [1.54, 1.807) is 0 Å². The van der Waals surface area contributed by atoms with Crippen LogP contribution in [-0.4, -0.2) is 17.2 Å². The number of hydrogen-bond acceptors (Lipinski definition) is 3. The van der Waals surface area contributed by atoms with Crippen molar-refractivity contribution in [3.63, 3.8) is 0 Å². The molecular weight excluding hydrogens is 272 g/mol. The molecule has 20 heavy (non-hydrogen) atoms. The Kier molecular flexibility index (Phi) is 4.31. The summed E-state index contributed by atoms with van der Waals surface area (Å²) < 4.78 is 45.0. The lowest BCUT2D eigenvalue weighted by Crippen LogP contribution is -2.30. The van der Waals surface area contributed by atoms with E-state index in [0.29, 0.717) is 0 Å². The molecule has 7 heteroatoms. The molecule has 0 unspecified atom stereocenters. The molecule has 2 aromatic carbocycles. The molecule has 0 aromatic heterocycles. The molecule has 2 aromatic rings. The summed E-state index contributed by atoms with van der Waals surface area (Å²) in [5, 5.41) is 17.9. The molecule has 3 nitrogen and oxygen atoms in total. The van der Waals surface area contributed by atoms with E-state index in [0.717, 1.165) is 24.3 Å². The fourth-order valence-corrected chi connectivity index (χ4v) is 1.64. The highest BCUT2D eigenvalue weighted by Crippen LogP contribution is 2.17. The number of ether oxygens (including phenoxy) is 1. The van der Waals surface area contributed by atoms with Gasteiger partial charge in [-0.05, 0) is 29.7 Å². The molecule has 0 atom stereocenters. The molecule has 2 N–H and O–H groups in total. The monoisotopic (exact) mass is 282 g/mol. The Hall–Kier alpha value is -1.99. The number of hydrogen-bond donors (Lipinski definition) is 2. The lowest BCUT2D eigenvalue weighted by Gasteiger charge is -2.09. The van der Waals surface area contributed by atoms with Gasteiger partial charge in [0.2, 0.25) is 0 Å². The molecule has 0 aliphatic heterocycles. The first-order valence-electron chi connectivity index (χ1n) is 5.69. The van der Waals surface area contributed by atoms with E-state index >= 15 is 0 Å². The van der Waals surface area contributed by atoms with Gasteiger partial charge in [0.15, 0.2) is 0 Å². The zero-order chi connectivity index (χ0) is 14.7. The van der Waals surface area contributed by atoms with Crippen LogP contribution >= 0.6 is 0 Å². The van der Waals surface area contributed by atoms with Gasteiger partial charge in [0, 0.05) is 6.07 Å². The summed E-state index contributed by atoms with van der Waals surface area (Å²) in [7, 11) is -1.86. The molecule has 0 radical (unpaired) electrons. The summed E-state index contributed by atoms with van der Waals surface area (Å²) in [4.78, 5) is 0. The number of rotatable bonds is 4. The Bertz CT molecular complexity index is 600. The second kappa shape index (κ2) is 5.98. The van der Waals surface area contributed by atoms with E-state index in [2.05, 4.69) is 0 Å². The minimum absolute atomic E-state index is 0.0595. The summed E-state index contributed by atoms with van der Waals surface area (Å²) in [6, 6.07) is 6.45. The van der Waals surface area contributed by atoms with Crippen LogP contribution in [0.2, 0.25) is 0 Å². The van der Waals surface area contributed by atoms with Crippen molar-refractivity contribution in [2.45, 2.75) is 6.61 Å². The molecule has 104 valence electrons. The molecule has 0 heterocycles. The van der Waals surface area contributed by atoms with Crippen LogP contribution in [-0.2, 0) is 6.61 Å². The second-order valence-electron chi connectivity index (χ2n) is 4.08. The minimum Gasteiger partial charge on any atom is -0.489 e. The highest BCUT2D eigenvalue weighted by molar-refractivity contribution is 6.58. The minimum atomic E-state index is -1.86. The van der Waals surface area contributed by atoms with Crippen molar-refractivity contribution in [1.82, 2.24) is 0 Å². The standard InChI is InChI=1S/C13H10BF3O3/c15-9-4-8(14(18)19)5-10(6-9)20-7-11-12(16)2-1-3-13(11)17/h1-6,18-19H,7H2. The van der Waals surface area contributed by atoms with Crippen LogP contribution in [0.15, 0.2) is 36.4 Å². The third-order valence-electron chi connectivity index (χ3n) is 2.64. The van der Waals surface area contributed by atoms with Gasteiger partial charge in [-0.25, -0.2) is 13.2 Å². The largest absolute Gasteiger partial charge is 0.489 e. The summed E-state index contributed by atoms with van der Waals surface area (Å²) in [6.07, 6.45) is 0. The van der Waals surface area contributed by atoms with Crippen LogP contribution < -0.4 is 10.2 Å². The first-order chi connectivity index (χ1) is 9.47. The van der Waals surface area contributed by atoms with Crippen molar-refractivity contribution in [2.75, 3.05) is 0 Å². The maximum Gasteiger partial charge on any atom is 0.488 e. The highest BCUT2D eigenvalue weighted by Gasteiger charge is 2.15. The first-order valence-corrected chi connectivity index (χ1v) is 5.69. The molecule has 0 amide bonds. The van der Waals surface area contributed by atoms with E-state index in [9.17, 15) is 13.2 Å². The summed E-state index contributed by atoms with van der Waals surface area (Å²) >= 11 is 0. The highest BCUT2D eigenvalue weighted by atomic mass is 19.1. The summed E-state index contributed by atoms with van der Waals surface area (Å²) in [5.74, 6) is -2.36. The van der Waals surface area contributed by atoms with Gasteiger partial charge in [0.05, 0.1) is 5.56 Å². The fourth-order valence-electron chi connectivity index (χ4n) is 1.64. The van der Waals surface area contributed by atoms with E-state index in [4.69, 9.17) is 14.8 Å². The third kappa shape index (κ3) is 3.31. The zero-order valence-electron chi connectivity index (χ0n) is 10.2. The molecule has 0 aliphatic carbocycles. The molecule has 0 aliphatic rings. The Morgan fingerprint density at radius 1 is 1.00 bits per heavy atom. The molecule has 0 saturated carbocycles. The zero-order valence-corrected chi connectivity index (χ0v) is 10.2. The normalized spacial score (nSPS) is 10.4. The molecule has 2 rings (SSSR count). The first kappa shape index (κ1) is 14.4. The summed E-state index contributed by atoms with van der Waals surface area (Å²) in [5.41, 5.74) is -0.406. The fraction of sp³-hybridized carbons (Fsp3) is 0.0769. The van der Waals surface area contributed by atoms with Crippen molar-refractivity contribution >= 4 is 12.6 Å². The Morgan fingerprint density at radius 3 is 2.25 bits per heavy atom. The van der Waals surface area contributed by atoms with E-state index < -0.39 is 31.2 Å². The second-order valence-corrected chi connectivity index (χ2v) is 4.08. The maximum absolute atomic E-state index is 13.4. The van der Waals surface area contributed by atoms with Crippen molar-refractivity contribution in [1.29, 1.82) is 0 Å². The van der Waals surface area contributed by atoms with Gasteiger partial charge in [-0.15, -0.1) is 0 Å². The van der Waals surface area contributed by atoms with Gasteiger partial charge in [0.25, 0.3) is 0 Å². The average Bonchev–Trinajstić information content (AvgIpc) is 2.37. The van der Waals surface area contributed by atoms with E-state index in [-0.39, 0.29) is 16.8 Å². The van der Waals surface area contributed by atoms with Crippen molar-refractivity contribution < 1.29 is 28.0 Å². The lowest BCUT2D eigenvalue weighted by atomic mass is 9.80. The van der Waals surface area contributed by atoms with Gasteiger partial charge in [-0.1, -0.05) is 6.07 Å². The molecular formula is C13H10BF3O3. The van der Waals surface area contributed by atoms with Crippen LogP contribution in [0.4, 0.5) is 13.2 Å². The summed E-state index contributed by atoms with van der Waals surface area (Å²) in [6.45, 7) is -0.442. The van der Waals surface area contributed by atoms with Crippen LogP contribution in [0.25, 0.3) is 0 Å². The quantitative estimate of drug-likeness (QED) is 0.832. The number of benzene rings is 2.